The minimum absolute atomic E-state index is 0.301. The number of aromatic amines is 1. The van der Waals surface area contributed by atoms with Crippen molar-refractivity contribution in [3.05, 3.63) is 18.3 Å². The summed E-state index contributed by atoms with van der Waals surface area (Å²) < 4.78 is 0. The van der Waals surface area contributed by atoms with Crippen LogP contribution in [0.4, 0.5) is 0 Å². The zero-order chi connectivity index (χ0) is 11.5. The molecule has 2 atom stereocenters. The third-order valence-corrected chi connectivity index (χ3v) is 2.36. The second-order valence-corrected chi connectivity index (χ2v) is 3.45. The van der Waals surface area contributed by atoms with Gasteiger partial charge in [0, 0.05) is 0 Å². The molecule has 2 aromatic heterocycles. The molecule has 7 heteroatoms. The van der Waals surface area contributed by atoms with Crippen LogP contribution in [-0.2, 0) is 0 Å². The molecule has 16 heavy (non-hydrogen) atoms. The first-order valence-corrected chi connectivity index (χ1v) is 4.94. The lowest BCUT2D eigenvalue weighted by Crippen LogP contribution is -2.22. The summed E-state index contributed by atoms with van der Waals surface area (Å²) >= 11 is 0. The molecule has 2 unspecified atom stereocenters. The van der Waals surface area contributed by atoms with Crippen molar-refractivity contribution >= 4 is 11.2 Å². The number of hydrogen-bond acceptors (Lipinski definition) is 6. The van der Waals surface area contributed by atoms with E-state index in [0.717, 1.165) is 0 Å². The van der Waals surface area contributed by atoms with Crippen molar-refractivity contribution in [1.29, 1.82) is 0 Å². The maximum absolute atomic E-state index is 9.89. The number of H-pyrrole nitrogens is 1. The van der Waals surface area contributed by atoms with Crippen molar-refractivity contribution in [2.24, 2.45) is 5.73 Å². The van der Waals surface area contributed by atoms with Crippen LogP contribution in [0.3, 0.4) is 0 Å². The van der Waals surface area contributed by atoms with Crippen LogP contribution >= 0.6 is 0 Å². The number of nitrogens with one attached hydrogen (secondary N) is 1. The van der Waals surface area contributed by atoms with Crippen molar-refractivity contribution in [2.75, 3.05) is 6.54 Å². The van der Waals surface area contributed by atoms with Crippen molar-refractivity contribution in [3.8, 4) is 0 Å². The second kappa shape index (κ2) is 4.52. The van der Waals surface area contributed by atoms with Crippen LogP contribution in [0.1, 0.15) is 18.2 Å². The van der Waals surface area contributed by atoms with Gasteiger partial charge in [0.2, 0.25) is 0 Å². The van der Waals surface area contributed by atoms with Crippen molar-refractivity contribution in [3.63, 3.8) is 0 Å². The number of aromatic nitrogens is 4. The molecule has 0 aliphatic heterocycles. The van der Waals surface area contributed by atoms with Crippen LogP contribution in [0.5, 0.6) is 0 Å². The lowest BCUT2D eigenvalue weighted by molar-refractivity contribution is 0.0133. The highest BCUT2D eigenvalue weighted by molar-refractivity contribution is 5.72. The number of aliphatic hydroxyl groups is 2. The van der Waals surface area contributed by atoms with E-state index in [1.807, 2.05) is 0 Å². The Balaban J connectivity index is 2.35. The SMILES string of the molecule is NCCC(O)C(O)c1ncnc2nc[nH]c12. The summed E-state index contributed by atoms with van der Waals surface area (Å²) in [5, 5.41) is 19.5. The van der Waals surface area contributed by atoms with Gasteiger partial charge in [-0.05, 0) is 13.0 Å². The van der Waals surface area contributed by atoms with Crippen molar-refractivity contribution in [1.82, 2.24) is 19.9 Å². The van der Waals surface area contributed by atoms with E-state index in [0.29, 0.717) is 29.8 Å². The number of aliphatic hydroxyl groups excluding tert-OH is 2. The van der Waals surface area contributed by atoms with E-state index >= 15 is 0 Å². The molecule has 0 spiro atoms. The van der Waals surface area contributed by atoms with Gasteiger partial charge in [0.1, 0.15) is 23.6 Å². The number of imidazole rings is 1. The number of nitrogens with two attached hydrogens (primary N) is 1. The van der Waals surface area contributed by atoms with Crippen LogP contribution in [-0.4, -0.2) is 42.8 Å². The van der Waals surface area contributed by atoms with Crippen LogP contribution in [0, 0.1) is 0 Å². The fourth-order valence-corrected chi connectivity index (χ4v) is 1.52. The summed E-state index contributed by atoms with van der Waals surface area (Å²) in [5.41, 5.74) is 6.65. The standard InChI is InChI=1S/C9H13N5O2/c10-2-1-5(15)8(16)6-7-9(13-3-11-6)14-4-12-7/h3-5,8,15-16H,1-2,10H2,(H,11,12,13,14). The van der Waals surface area contributed by atoms with Gasteiger partial charge in [0.05, 0.1) is 12.4 Å². The first-order chi connectivity index (χ1) is 7.74. The quantitative estimate of drug-likeness (QED) is 0.532. The van der Waals surface area contributed by atoms with Crippen LogP contribution in [0.25, 0.3) is 11.2 Å². The van der Waals surface area contributed by atoms with E-state index in [-0.39, 0.29) is 0 Å². The Morgan fingerprint density at radius 1 is 1.31 bits per heavy atom. The Kier molecular flexibility index (Phi) is 3.09. The molecule has 0 radical (unpaired) electrons. The Morgan fingerprint density at radius 3 is 2.88 bits per heavy atom. The minimum Gasteiger partial charge on any atom is -0.390 e. The summed E-state index contributed by atoms with van der Waals surface area (Å²) in [7, 11) is 0. The molecule has 0 aliphatic rings. The Hall–Kier alpha value is -1.57. The van der Waals surface area contributed by atoms with E-state index in [1.54, 1.807) is 0 Å². The Morgan fingerprint density at radius 2 is 2.12 bits per heavy atom. The molecule has 2 aromatic rings. The lowest BCUT2D eigenvalue weighted by atomic mass is 10.1. The first-order valence-electron chi connectivity index (χ1n) is 4.94. The number of rotatable bonds is 4. The van der Waals surface area contributed by atoms with Gasteiger partial charge < -0.3 is 20.9 Å². The fourth-order valence-electron chi connectivity index (χ4n) is 1.52. The molecule has 5 N–H and O–H groups in total. The second-order valence-electron chi connectivity index (χ2n) is 3.45. The topological polar surface area (TPSA) is 121 Å². The van der Waals surface area contributed by atoms with Crippen molar-refractivity contribution < 1.29 is 10.2 Å². The summed E-state index contributed by atoms with van der Waals surface area (Å²) in [6, 6.07) is 0. The van der Waals surface area contributed by atoms with Crippen LogP contribution in [0.2, 0.25) is 0 Å². The monoisotopic (exact) mass is 223 g/mol. The van der Waals surface area contributed by atoms with E-state index < -0.39 is 12.2 Å². The highest BCUT2D eigenvalue weighted by Gasteiger charge is 2.22. The molecule has 0 aliphatic carbocycles. The minimum atomic E-state index is -1.09. The summed E-state index contributed by atoms with van der Waals surface area (Å²) in [5.74, 6) is 0. The molecule has 0 fully saturated rings. The lowest BCUT2D eigenvalue weighted by Gasteiger charge is -2.16. The Labute approximate surface area is 91.4 Å². The molecular weight excluding hydrogens is 210 g/mol. The zero-order valence-corrected chi connectivity index (χ0v) is 8.54. The van der Waals surface area contributed by atoms with E-state index in [4.69, 9.17) is 5.73 Å². The maximum atomic E-state index is 9.89. The van der Waals surface area contributed by atoms with E-state index in [1.165, 1.54) is 12.7 Å². The number of nitrogens with zero attached hydrogens (tertiary/aromatic N) is 3. The van der Waals surface area contributed by atoms with Crippen molar-refractivity contribution in [2.45, 2.75) is 18.6 Å². The predicted octanol–water partition coefficient (Wildman–Crippen LogP) is -0.904. The molecule has 7 nitrogen and oxygen atoms in total. The highest BCUT2D eigenvalue weighted by atomic mass is 16.3. The van der Waals surface area contributed by atoms with Gasteiger partial charge in [0.25, 0.3) is 0 Å². The molecule has 2 rings (SSSR count). The molecule has 0 bridgehead atoms. The number of hydrogen-bond donors (Lipinski definition) is 4. The third-order valence-electron chi connectivity index (χ3n) is 2.36. The van der Waals surface area contributed by atoms with E-state index in [2.05, 4.69) is 19.9 Å². The van der Waals surface area contributed by atoms with Crippen LogP contribution < -0.4 is 5.73 Å². The molecule has 2 heterocycles. The van der Waals surface area contributed by atoms with Gasteiger partial charge >= 0.3 is 0 Å². The number of fused-ring (bicyclic) bond motifs is 1. The molecule has 0 aromatic carbocycles. The van der Waals surface area contributed by atoms with Gasteiger partial charge in [-0.3, -0.25) is 0 Å². The highest BCUT2D eigenvalue weighted by Crippen LogP contribution is 2.21. The molecule has 0 amide bonds. The maximum Gasteiger partial charge on any atom is 0.180 e. The molecule has 0 saturated carbocycles. The van der Waals surface area contributed by atoms with Gasteiger partial charge in [-0.15, -0.1) is 0 Å². The molecule has 86 valence electrons. The summed E-state index contributed by atoms with van der Waals surface area (Å²) in [6.45, 7) is 0.301. The summed E-state index contributed by atoms with van der Waals surface area (Å²) in [4.78, 5) is 14.6. The van der Waals surface area contributed by atoms with E-state index in [9.17, 15) is 10.2 Å². The first kappa shape index (κ1) is 10.9. The zero-order valence-electron chi connectivity index (χ0n) is 8.54. The smallest absolute Gasteiger partial charge is 0.180 e. The van der Waals surface area contributed by atoms with Gasteiger partial charge in [-0.25, -0.2) is 15.0 Å². The predicted molar refractivity (Wildman–Crippen MR) is 56.3 cm³/mol. The normalized spacial score (nSPS) is 15.2. The molecule has 0 saturated heterocycles. The molecular formula is C9H13N5O2. The van der Waals surface area contributed by atoms with Gasteiger partial charge in [0.15, 0.2) is 5.65 Å². The average Bonchev–Trinajstić information content (AvgIpc) is 2.76. The van der Waals surface area contributed by atoms with Crippen LogP contribution in [0.15, 0.2) is 12.7 Å². The summed E-state index contributed by atoms with van der Waals surface area (Å²) in [6.07, 6.45) is 1.05. The Bertz CT molecular complexity index is 472. The average molecular weight is 223 g/mol. The largest absolute Gasteiger partial charge is 0.390 e. The van der Waals surface area contributed by atoms with Gasteiger partial charge in [-0.2, -0.15) is 0 Å². The third kappa shape index (κ3) is 1.87. The fraction of sp³-hybridized carbons (Fsp3) is 0.444. The van der Waals surface area contributed by atoms with Gasteiger partial charge in [-0.1, -0.05) is 0 Å².